The van der Waals surface area contributed by atoms with Gasteiger partial charge in [0.15, 0.2) is 5.82 Å². The molecule has 0 unspecified atom stereocenters. The molecule has 6 nitrogen and oxygen atoms in total. The van der Waals surface area contributed by atoms with Crippen LogP contribution in [0.3, 0.4) is 0 Å². The lowest BCUT2D eigenvalue weighted by Crippen LogP contribution is -2.39. The minimum absolute atomic E-state index is 0.0195. The summed E-state index contributed by atoms with van der Waals surface area (Å²) in [5, 5.41) is 0. The van der Waals surface area contributed by atoms with Gasteiger partial charge in [0.1, 0.15) is 12.4 Å². The smallest absolute Gasteiger partial charge is 0.248 e. The normalized spacial score (nSPS) is 15.6. The fraction of sp³-hybridized carbons (Fsp3) is 0.346. The van der Waals surface area contributed by atoms with Gasteiger partial charge in [0.05, 0.1) is 18.8 Å². The second-order valence-corrected chi connectivity index (χ2v) is 8.40. The molecule has 5 rings (SSSR count). The lowest BCUT2D eigenvalue weighted by molar-refractivity contribution is -0.137. The van der Waals surface area contributed by atoms with Crippen LogP contribution in [-0.4, -0.2) is 47.0 Å². The third-order valence-electron chi connectivity index (χ3n) is 6.17. The summed E-state index contributed by atoms with van der Waals surface area (Å²) in [4.78, 5) is 27.0. The molecule has 1 fully saturated rings. The Balaban J connectivity index is 1.34. The van der Waals surface area contributed by atoms with Gasteiger partial charge in [-0.15, -0.1) is 0 Å². The van der Waals surface area contributed by atoms with Crippen LogP contribution in [0.15, 0.2) is 60.7 Å². The van der Waals surface area contributed by atoms with Gasteiger partial charge in [0.25, 0.3) is 0 Å². The summed E-state index contributed by atoms with van der Waals surface area (Å²) in [6, 6.07) is 20.1. The second kappa shape index (κ2) is 9.49. The van der Waals surface area contributed by atoms with Gasteiger partial charge in [-0.1, -0.05) is 60.7 Å². The molecule has 2 aromatic carbocycles. The Hall–Kier alpha value is -3.25. The molecule has 2 aliphatic rings. The van der Waals surface area contributed by atoms with E-state index in [-0.39, 0.29) is 12.5 Å². The maximum Gasteiger partial charge on any atom is 0.248 e. The monoisotopic (exact) mass is 428 g/mol. The van der Waals surface area contributed by atoms with Crippen LogP contribution in [0.4, 0.5) is 5.82 Å². The molecule has 0 bridgehead atoms. The van der Waals surface area contributed by atoms with Crippen LogP contribution < -0.4 is 4.90 Å². The van der Waals surface area contributed by atoms with Gasteiger partial charge < -0.3 is 14.5 Å². The molecule has 3 aromatic rings. The summed E-state index contributed by atoms with van der Waals surface area (Å²) in [5.41, 5.74) is 4.26. The summed E-state index contributed by atoms with van der Waals surface area (Å²) in [5.74, 6) is 1.79. The predicted octanol–water partition coefficient (Wildman–Crippen LogP) is 3.85. The van der Waals surface area contributed by atoms with Gasteiger partial charge in [0.2, 0.25) is 5.91 Å². The zero-order chi connectivity index (χ0) is 21.8. The summed E-state index contributed by atoms with van der Waals surface area (Å²) in [6.07, 6.45) is 3.09. The average Bonchev–Trinajstić information content (AvgIpc) is 3.39. The topological polar surface area (TPSA) is 58.6 Å². The van der Waals surface area contributed by atoms with Crippen molar-refractivity contribution in [2.24, 2.45) is 0 Å². The van der Waals surface area contributed by atoms with Crippen LogP contribution >= 0.6 is 0 Å². The maximum atomic E-state index is 12.9. The van der Waals surface area contributed by atoms with Gasteiger partial charge in [0, 0.05) is 37.2 Å². The van der Waals surface area contributed by atoms with Gasteiger partial charge >= 0.3 is 0 Å². The summed E-state index contributed by atoms with van der Waals surface area (Å²) < 4.78 is 5.70. The summed E-state index contributed by atoms with van der Waals surface area (Å²) in [6.45, 7) is 3.75. The van der Waals surface area contributed by atoms with Crippen LogP contribution in [0.2, 0.25) is 0 Å². The highest BCUT2D eigenvalue weighted by Gasteiger charge is 2.28. The Labute approximate surface area is 188 Å². The maximum absolute atomic E-state index is 12.9. The van der Waals surface area contributed by atoms with Crippen LogP contribution in [0.5, 0.6) is 0 Å². The number of carbonyl (C=O) groups excluding carboxylic acids is 1. The molecule has 0 atom stereocenters. The minimum atomic E-state index is 0.0195. The Bertz CT molecular complexity index is 1070. The first-order chi connectivity index (χ1) is 15.8. The number of nitrogens with zero attached hydrogens (tertiary/aromatic N) is 4. The van der Waals surface area contributed by atoms with Crippen molar-refractivity contribution in [3.63, 3.8) is 0 Å². The van der Waals surface area contributed by atoms with E-state index in [9.17, 15) is 4.79 Å². The van der Waals surface area contributed by atoms with E-state index in [0.29, 0.717) is 19.7 Å². The van der Waals surface area contributed by atoms with Crippen molar-refractivity contribution in [2.45, 2.75) is 32.4 Å². The zero-order valence-corrected chi connectivity index (χ0v) is 18.2. The molecule has 0 radical (unpaired) electrons. The van der Waals surface area contributed by atoms with Crippen molar-refractivity contribution < 1.29 is 9.53 Å². The standard InChI is InChI=1S/C26H28N4O2/c31-24(19-32-18-20-9-3-1-4-10-20)30-16-13-23-22(17-30)26(29-14-7-8-15-29)28-25(27-23)21-11-5-2-6-12-21/h1-6,9-12H,7-8,13-19H2. The molecule has 1 aromatic heterocycles. The van der Waals surface area contributed by atoms with Crippen molar-refractivity contribution in [3.8, 4) is 11.4 Å². The quantitative estimate of drug-likeness (QED) is 0.597. The second-order valence-electron chi connectivity index (χ2n) is 8.40. The summed E-state index contributed by atoms with van der Waals surface area (Å²) in [7, 11) is 0. The number of rotatable bonds is 6. The van der Waals surface area contributed by atoms with Crippen molar-refractivity contribution >= 4 is 11.7 Å². The number of hydrogen-bond acceptors (Lipinski definition) is 5. The molecule has 0 aliphatic carbocycles. The lowest BCUT2D eigenvalue weighted by Gasteiger charge is -2.32. The van der Waals surface area contributed by atoms with Gasteiger partial charge in [-0.3, -0.25) is 4.79 Å². The van der Waals surface area contributed by atoms with Crippen LogP contribution in [0.25, 0.3) is 11.4 Å². The third kappa shape index (κ3) is 4.50. The zero-order valence-electron chi connectivity index (χ0n) is 18.2. The van der Waals surface area contributed by atoms with E-state index >= 15 is 0 Å². The van der Waals surface area contributed by atoms with E-state index in [1.54, 1.807) is 0 Å². The molecule has 0 N–H and O–H groups in total. The highest BCUT2D eigenvalue weighted by Crippen LogP contribution is 2.31. The predicted molar refractivity (Wildman–Crippen MR) is 124 cm³/mol. The number of anilines is 1. The Morgan fingerprint density at radius 3 is 2.38 bits per heavy atom. The molecule has 164 valence electrons. The molecule has 0 saturated carbocycles. The van der Waals surface area contributed by atoms with E-state index in [1.165, 1.54) is 12.8 Å². The van der Waals surface area contributed by atoms with Crippen molar-refractivity contribution in [3.05, 3.63) is 77.5 Å². The van der Waals surface area contributed by atoms with Crippen molar-refractivity contribution in [1.29, 1.82) is 0 Å². The van der Waals surface area contributed by atoms with Crippen LogP contribution in [-0.2, 0) is 29.1 Å². The highest BCUT2D eigenvalue weighted by molar-refractivity contribution is 5.78. The van der Waals surface area contributed by atoms with Crippen molar-refractivity contribution in [1.82, 2.24) is 14.9 Å². The van der Waals surface area contributed by atoms with E-state index < -0.39 is 0 Å². The van der Waals surface area contributed by atoms with E-state index in [1.807, 2.05) is 53.4 Å². The molecular weight excluding hydrogens is 400 g/mol. The number of benzene rings is 2. The Morgan fingerprint density at radius 2 is 1.62 bits per heavy atom. The first kappa shape index (κ1) is 20.6. The molecule has 2 aliphatic heterocycles. The fourth-order valence-corrected chi connectivity index (χ4v) is 4.44. The number of ether oxygens (including phenoxy) is 1. The minimum Gasteiger partial charge on any atom is -0.367 e. The number of hydrogen-bond donors (Lipinski definition) is 0. The number of aromatic nitrogens is 2. The first-order valence-electron chi connectivity index (χ1n) is 11.4. The van der Waals surface area contributed by atoms with Crippen LogP contribution in [0, 0.1) is 0 Å². The molecule has 0 spiro atoms. The number of fused-ring (bicyclic) bond motifs is 1. The molecule has 1 saturated heterocycles. The summed E-state index contributed by atoms with van der Waals surface area (Å²) >= 11 is 0. The average molecular weight is 429 g/mol. The molecule has 3 heterocycles. The van der Waals surface area contributed by atoms with Gasteiger partial charge in [-0.05, 0) is 18.4 Å². The highest BCUT2D eigenvalue weighted by atomic mass is 16.5. The van der Waals surface area contributed by atoms with Gasteiger partial charge in [-0.25, -0.2) is 9.97 Å². The van der Waals surface area contributed by atoms with E-state index in [0.717, 1.165) is 53.5 Å². The third-order valence-corrected chi connectivity index (χ3v) is 6.17. The first-order valence-corrected chi connectivity index (χ1v) is 11.4. The van der Waals surface area contributed by atoms with Gasteiger partial charge in [-0.2, -0.15) is 0 Å². The molecule has 1 amide bonds. The van der Waals surface area contributed by atoms with Crippen LogP contribution in [0.1, 0.15) is 29.7 Å². The van der Waals surface area contributed by atoms with E-state index in [2.05, 4.69) is 17.0 Å². The molecule has 6 heteroatoms. The van der Waals surface area contributed by atoms with E-state index in [4.69, 9.17) is 14.7 Å². The molecular formula is C26H28N4O2. The number of carbonyl (C=O) groups is 1. The van der Waals surface area contributed by atoms with Crippen molar-refractivity contribution in [2.75, 3.05) is 31.1 Å². The molecule has 32 heavy (non-hydrogen) atoms. The SMILES string of the molecule is O=C(COCc1ccccc1)N1CCc2nc(-c3ccccc3)nc(N3CCCC3)c2C1. The Kier molecular flexibility index (Phi) is 6.12. The largest absolute Gasteiger partial charge is 0.367 e. The Morgan fingerprint density at radius 1 is 0.906 bits per heavy atom. The fourth-order valence-electron chi connectivity index (χ4n) is 4.44. The lowest BCUT2D eigenvalue weighted by atomic mass is 10.0. The number of amides is 1.